The van der Waals surface area contributed by atoms with Gasteiger partial charge in [0, 0.05) is 20.1 Å². The molecule has 134 valence electrons. The summed E-state index contributed by atoms with van der Waals surface area (Å²) >= 11 is 0. The Morgan fingerprint density at radius 3 is 2.36 bits per heavy atom. The van der Waals surface area contributed by atoms with Crippen molar-refractivity contribution in [3.8, 4) is 5.75 Å². The van der Waals surface area contributed by atoms with Crippen LogP contribution in [0.2, 0.25) is 0 Å². The Labute approximate surface area is 149 Å². The average molecular weight is 361 g/mol. The zero-order valence-electron chi connectivity index (χ0n) is 14.6. The molecule has 0 spiro atoms. The Morgan fingerprint density at radius 2 is 1.76 bits per heavy atom. The highest BCUT2D eigenvalue weighted by molar-refractivity contribution is 7.89. The van der Waals surface area contributed by atoms with Crippen molar-refractivity contribution < 1.29 is 13.2 Å². The molecule has 0 unspecified atom stereocenters. The van der Waals surface area contributed by atoms with Crippen molar-refractivity contribution >= 4 is 21.5 Å². The Hall–Kier alpha value is -2.38. The van der Waals surface area contributed by atoms with Gasteiger partial charge >= 0.3 is 0 Å². The lowest BCUT2D eigenvalue weighted by Crippen LogP contribution is -2.35. The molecule has 7 heteroatoms. The van der Waals surface area contributed by atoms with Crippen molar-refractivity contribution in [2.45, 2.75) is 11.8 Å². The van der Waals surface area contributed by atoms with Gasteiger partial charge in [-0.1, -0.05) is 18.2 Å². The second kappa shape index (κ2) is 8.64. The van der Waals surface area contributed by atoms with Gasteiger partial charge in [-0.3, -0.25) is 0 Å². The first kappa shape index (κ1) is 19.0. The number of likely N-dealkylation sites (N-methyl/N-ethyl adjacent to an activating group) is 1. The molecule has 1 N–H and O–H groups in total. The third-order valence-corrected chi connectivity index (χ3v) is 5.19. The zero-order chi connectivity index (χ0) is 18.3. The summed E-state index contributed by atoms with van der Waals surface area (Å²) < 4.78 is 32.2. The second-order valence-electron chi connectivity index (χ2n) is 5.49. The number of sulfonamides is 1. The third-order valence-electron chi connectivity index (χ3n) is 3.71. The van der Waals surface area contributed by atoms with Gasteiger partial charge in [0.15, 0.2) is 0 Å². The van der Waals surface area contributed by atoms with E-state index in [0.717, 1.165) is 11.5 Å². The van der Waals surface area contributed by atoms with E-state index in [1.807, 2.05) is 49.2 Å². The average Bonchev–Trinajstić information content (AvgIpc) is 2.62. The van der Waals surface area contributed by atoms with E-state index in [1.54, 1.807) is 12.1 Å². The third kappa shape index (κ3) is 5.58. The molecule has 2 aromatic carbocycles. The predicted molar refractivity (Wildman–Crippen MR) is 100 cm³/mol. The number of aliphatic imine (C=N–C) groups is 1. The highest BCUT2D eigenvalue weighted by Gasteiger charge is 2.13. The number of amidine groups is 1. The summed E-state index contributed by atoms with van der Waals surface area (Å²) in [7, 11) is -0.121. The number of ether oxygens (including phenoxy) is 1. The molecule has 0 saturated heterocycles. The fraction of sp³-hybridized carbons (Fsp3) is 0.278. The van der Waals surface area contributed by atoms with Crippen molar-refractivity contribution in [2.24, 2.45) is 4.99 Å². The monoisotopic (exact) mass is 361 g/mol. The van der Waals surface area contributed by atoms with Gasteiger partial charge < -0.3 is 9.64 Å². The van der Waals surface area contributed by atoms with Crippen LogP contribution in [0.25, 0.3) is 0 Å². The van der Waals surface area contributed by atoms with Crippen LogP contribution in [0.15, 0.2) is 64.5 Å². The summed E-state index contributed by atoms with van der Waals surface area (Å²) in [5, 5.41) is 0. The smallest absolute Gasteiger partial charge is 0.240 e. The summed E-state index contributed by atoms with van der Waals surface area (Å²) in [5.74, 6) is 1.43. The van der Waals surface area contributed by atoms with E-state index in [4.69, 9.17) is 4.74 Å². The molecule has 2 aromatic rings. The van der Waals surface area contributed by atoms with Crippen LogP contribution >= 0.6 is 0 Å². The van der Waals surface area contributed by atoms with E-state index >= 15 is 0 Å². The van der Waals surface area contributed by atoms with Crippen molar-refractivity contribution in [3.63, 3.8) is 0 Å². The van der Waals surface area contributed by atoms with Gasteiger partial charge in [0.2, 0.25) is 10.0 Å². The van der Waals surface area contributed by atoms with Crippen molar-refractivity contribution in [3.05, 3.63) is 54.6 Å². The molecule has 0 radical (unpaired) electrons. The van der Waals surface area contributed by atoms with Crippen molar-refractivity contribution in [1.29, 1.82) is 0 Å². The summed E-state index contributed by atoms with van der Waals surface area (Å²) in [5.41, 5.74) is 0.866. The first-order valence-corrected chi connectivity index (χ1v) is 9.36. The molecule has 0 aromatic heterocycles. The molecule has 0 heterocycles. The van der Waals surface area contributed by atoms with Crippen LogP contribution in [0.4, 0.5) is 5.69 Å². The summed E-state index contributed by atoms with van der Waals surface area (Å²) in [4.78, 5) is 6.62. The molecule has 0 aliphatic heterocycles. The van der Waals surface area contributed by atoms with Crippen molar-refractivity contribution in [1.82, 2.24) is 9.62 Å². The molecular weight excluding hydrogens is 338 g/mol. The number of rotatable bonds is 7. The molecule has 0 saturated carbocycles. The van der Waals surface area contributed by atoms with E-state index in [0.29, 0.717) is 12.3 Å². The molecule has 2 rings (SSSR count). The maximum atomic E-state index is 12.3. The lowest BCUT2D eigenvalue weighted by Gasteiger charge is -2.19. The molecule has 0 aliphatic carbocycles. The van der Waals surface area contributed by atoms with Gasteiger partial charge in [0.1, 0.15) is 11.6 Å². The molecule has 0 fully saturated rings. The Bertz CT molecular complexity index is 803. The molecular formula is C18H23N3O3S. The number of hydrogen-bond acceptors (Lipinski definition) is 4. The summed E-state index contributed by atoms with van der Waals surface area (Å²) in [6, 6.07) is 15.9. The van der Waals surface area contributed by atoms with Crippen LogP contribution in [0.3, 0.4) is 0 Å². The minimum Gasteiger partial charge on any atom is -0.497 e. The lowest BCUT2D eigenvalue weighted by atomic mass is 10.3. The fourth-order valence-corrected chi connectivity index (χ4v) is 3.14. The molecule has 25 heavy (non-hydrogen) atoms. The number of para-hydroxylation sites is 1. The lowest BCUT2D eigenvalue weighted by molar-refractivity contribution is 0.414. The van der Waals surface area contributed by atoms with Crippen LogP contribution in [0.5, 0.6) is 5.75 Å². The van der Waals surface area contributed by atoms with E-state index in [2.05, 4.69) is 9.71 Å². The van der Waals surface area contributed by atoms with Crippen LogP contribution in [0, 0.1) is 0 Å². The Morgan fingerprint density at radius 1 is 1.12 bits per heavy atom. The molecule has 0 amide bonds. The molecule has 6 nitrogen and oxygen atoms in total. The largest absolute Gasteiger partial charge is 0.497 e. The van der Waals surface area contributed by atoms with Gasteiger partial charge in [-0.25, -0.2) is 18.1 Å². The van der Waals surface area contributed by atoms with E-state index < -0.39 is 10.0 Å². The SMILES string of the molecule is COc1ccc(S(=O)(=O)NCCN(C)C(C)=Nc2ccccc2)cc1. The zero-order valence-corrected chi connectivity index (χ0v) is 15.5. The maximum absolute atomic E-state index is 12.3. The van der Waals surface area contributed by atoms with Crippen LogP contribution < -0.4 is 9.46 Å². The van der Waals surface area contributed by atoms with Crippen LogP contribution in [-0.4, -0.2) is 46.4 Å². The van der Waals surface area contributed by atoms with Crippen molar-refractivity contribution in [2.75, 3.05) is 27.2 Å². The van der Waals surface area contributed by atoms with E-state index in [1.165, 1.54) is 19.2 Å². The fourth-order valence-electron chi connectivity index (χ4n) is 2.12. The van der Waals surface area contributed by atoms with Gasteiger partial charge in [-0.05, 0) is 43.3 Å². The Kier molecular flexibility index (Phi) is 6.55. The number of nitrogens with zero attached hydrogens (tertiary/aromatic N) is 2. The number of benzene rings is 2. The second-order valence-corrected chi connectivity index (χ2v) is 7.26. The minimum atomic E-state index is -3.54. The standard InChI is InChI=1S/C18H23N3O3S/c1-15(20-16-7-5-4-6-8-16)21(2)14-13-19-25(22,23)18-11-9-17(24-3)10-12-18/h4-12,19H,13-14H2,1-3H3. The minimum absolute atomic E-state index is 0.214. The van der Waals surface area contributed by atoms with Gasteiger partial charge in [-0.2, -0.15) is 0 Å². The summed E-state index contributed by atoms with van der Waals surface area (Å²) in [6.07, 6.45) is 0. The van der Waals surface area contributed by atoms with E-state index in [9.17, 15) is 8.42 Å². The van der Waals surface area contributed by atoms with Crippen LogP contribution in [0.1, 0.15) is 6.92 Å². The first-order valence-electron chi connectivity index (χ1n) is 7.87. The molecule has 0 bridgehead atoms. The van der Waals surface area contributed by atoms with Crippen LogP contribution in [-0.2, 0) is 10.0 Å². The van der Waals surface area contributed by atoms with Gasteiger partial charge in [0.05, 0.1) is 17.7 Å². The molecule has 0 aliphatic rings. The van der Waals surface area contributed by atoms with E-state index in [-0.39, 0.29) is 11.4 Å². The molecule has 0 atom stereocenters. The van der Waals surface area contributed by atoms with Gasteiger partial charge in [0.25, 0.3) is 0 Å². The highest BCUT2D eigenvalue weighted by Crippen LogP contribution is 2.15. The first-order chi connectivity index (χ1) is 11.9. The Balaban J connectivity index is 1.91. The van der Waals surface area contributed by atoms with Gasteiger partial charge in [-0.15, -0.1) is 0 Å². The predicted octanol–water partition coefficient (Wildman–Crippen LogP) is 2.66. The number of nitrogens with one attached hydrogen (secondary N) is 1. The summed E-state index contributed by atoms with van der Waals surface area (Å²) in [6.45, 7) is 2.69. The topological polar surface area (TPSA) is 71.0 Å². The normalized spacial score (nSPS) is 12.0. The quantitative estimate of drug-likeness (QED) is 0.608. The number of hydrogen-bond donors (Lipinski definition) is 1. The number of methoxy groups -OCH3 is 1. The highest BCUT2D eigenvalue weighted by atomic mass is 32.2. The maximum Gasteiger partial charge on any atom is 0.240 e.